The van der Waals surface area contributed by atoms with Crippen molar-refractivity contribution in [2.45, 2.75) is 13.8 Å². The van der Waals surface area contributed by atoms with Crippen LogP contribution in [0, 0.1) is 17.0 Å². The summed E-state index contributed by atoms with van der Waals surface area (Å²) in [4.78, 5) is 33.4. The van der Waals surface area contributed by atoms with E-state index in [1.807, 2.05) is 0 Å². The molecule has 0 saturated carbocycles. The minimum Gasteiger partial charge on any atom is -0.355 e. The molecule has 0 heterocycles. The third-order valence-electron chi connectivity index (χ3n) is 2.45. The van der Waals surface area contributed by atoms with Crippen molar-refractivity contribution in [3.63, 3.8) is 0 Å². The van der Waals surface area contributed by atoms with E-state index in [2.05, 4.69) is 10.6 Å². The van der Waals surface area contributed by atoms with Crippen LogP contribution in [0.5, 0.6) is 0 Å². The first-order valence-corrected chi connectivity index (χ1v) is 5.76. The van der Waals surface area contributed by atoms with Gasteiger partial charge in [-0.1, -0.05) is 12.1 Å². The lowest BCUT2D eigenvalue weighted by molar-refractivity contribution is -0.385. The fourth-order valence-electron chi connectivity index (χ4n) is 1.60. The maximum Gasteiger partial charge on any atom is 0.285 e. The number of hydrogen-bond donors (Lipinski definition) is 2. The van der Waals surface area contributed by atoms with E-state index in [0.717, 1.165) is 0 Å². The van der Waals surface area contributed by atoms with Crippen molar-refractivity contribution in [2.24, 2.45) is 0 Å². The highest BCUT2D eigenvalue weighted by atomic mass is 16.6. The van der Waals surface area contributed by atoms with E-state index in [9.17, 15) is 19.7 Å². The van der Waals surface area contributed by atoms with Crippen molar-refractivity contribution in [3.8, 4) is 0 Å². The maximum atomic E-state index is 11.8. The number of carbonyl (C=O) groups is 2. The summed E-state index contributed by atoms with van der Waals surface area (Å²) in [6.45, 7) is 3.56. The average molecular weight is 265 g/mol. The maximum absolute atomic E-state index is 11.8. The van der Waals surface area contributed by atoms with Crippen LogP contribution in [0.4, 0.5) is 5.69 Å². The molecule has 1 rings (SSSR count). The summed E-state index contributed by atoms with van der Waals surface area (Å²) >= 11 is 0. The quantitative estimate of drug-likeness (QED) is 0.606. The van der Waals surface area contributed by atoms with Gasteiger partial charge >= 0.3 is 0 Å². The summed E-state index contributed by atoms with van der Waals surface area (Å²) in [5, 5.41) is 15.8. The number of para-hydroxylation sites is 1. The van der Waals surface area contributed by atoms with E-state index in [1.165, 1.54) is 6.07 Å². The van der Waals surface area contributed by atoms with Crippen LogP contribution in [-0.4, -0.2) is 29.8 Å². The number of nitro groups is 1. The number of aryl methyl sites for hydroxylation is 1. The summed E-state index contributed by atoms with van der Waals surface area (Å²) < 4.78 is 0. The number of benzene rings is 1. The van der Waals surface area contributed by atoms with Gasteiger partial charge in [0, 0.05) is 12.1 Å². The molecule has 1 aromatic carbocycles. The Morgan fingerprint density at radius 2 is 2.00 bits per heavy atom. The Kier molecular flexibility index (Phi) is 4.99. The van der Waals surface area contributed by atoms with Crippen molar-refractivity contribution in [3.05, 3.63) is 39.4 Å². The molecule has 0 aliphatic carbocycles. The van der Waals surface area contributed by atoms with E-state index in [-0.39, 0.29) is 23.7 Å². The molecule has 0 unspecified atom stereocenters. The highest BCUT2D eigenvalue weighted by Gasteiger charge is 2.22. The topological polar surface area (TPSA) is 101 Å². The summed E-state index contributed by atoms with van der Waals surface area (Å²) in [6.07, 6.45) is 0. The first kappa shape index (κ1) is 14.6. The van der Waals surface area contributed by atoms with Gasteiger partial charge in [-0.2, -0.15) is 0 Å². The monoisotopic (exact) mass is 265 g/mol. The molecule has 0 saturated heterocycles. The largest absolute Gasteiger partial charge is 0.355 e. The van der Waals surface area contributed by atoms with E-state index >= 15 is 0 Å². The zero-order chi connectivity index (χ0) is 14.4. The molecular formula is C12H15N3O4. The zero-order valence-corrected chi connectivity index (χ0v) is 10.7. The minimum atomic E-state index is -0.637. The van der Waals surface area contributed by atoms with E-state index < -0.39 is 10.8 Å². The van der Waals surface area contributed by atoms with Crippen LogP contribution < -0.4 is 10.6 Å². The van der Waals surface area contributed by atoms with Gasteiger partial charge in [-0.15, -0.1) is 0 Å². The predicted molar refractivity (Wildman–Crippen MR) is 68.9 cm³/mol. The molecule has 0 aliphatic rings. The Hall–Kier alpha value is -2.44. The normalized spacial score (nSPS) is 9.79. The highest BCUT2D eigenvalue weighted by molar-refractivity contribution is 6.00. The molecule has 102 valence electrons. The summed E-state index contributed by atoms with van der Waals surface area (Å²) in [7, 11) is 0. The molecule has 1 aromatic rings. The number of amides is 2. The molecule has 19 heavy (non-hydrogen) atoms. The molecule has 0 aliphatic heterocycles. The van der Waals surface area contributed by atoms with Crippen molar-refractivity contribution < 1.29 is 14.5 Å². The van der Waals surface area contributed by atoms with E-state index in [1.54, 1.807) is 26.0 Å². The van der Waals surface area contributed by atoms with Gasteiger partial charge in [-0.3, -0.25) is 19.7 Å². The SMILES string of the molecule is CCNC(=O)CNC(=O)c1cccc(C)c1[N+](=O)[O-]. The average Bonchev–Trinajstić information content (AvgIpc) is 2.35. The Morgan fingerprint density at radius 1 is 1.32 bits per heavy atom. The number of rotatable bonds is 5. The first-order valence-electron chi connectivity index (χ1n) is 5.76. The van der Waals surface area contributed by atoms with Gasteiger partial charge in [0.25, 0.3) is 11.6 Å². The van der Waals surface area contributed by atoms with Crippen molar-refractivity contribution in [1.82, 2.24) is 10.6 Å². The van der Waals surface area contributed by atoms with Crippen molar-refractivity contribution in [2.75, 3.05) is 13.1 Å². The van der Waals surface area contributed by atoms with Crippen LogP contribution in [-0.2, 0) is 4.79 Å². The Bertz CT molecular complexity index is 514. The third-order valence-corrected chi connectivity index (χ3v) is 2.45. The van der Waals surface area contributed by atoms with Crippen LogP contribution in [0.3, 0.4) is 0 Å². The molecule has 2 amide bonds. The highest BCUT2D eigenvalue weighted by Crippen LogP contribution is 2.22. The van der Waals surface area contributed by atoms with E-state index in [4.69, 9.17) is 0 Å². The van der Waals surface area contributed by atoms with Gasteiger partial charge < -0.3 is 10.6 Å². The van der Waals surface area contributed by atoms with E-state index in [0.29, 0.717) is 12.1 Å². The molecule has 0 bridgehead atoms. The Balaban J connectivity index is 2.86. The van der Waals surface area contributed by atoms with Crippen LogP contribution in [0.15, 0.2) is 18.2 Å². The summed E-state index contributed by atoms with van der Waals surface area (Å²) in [6, 6.07) is 4.47. The van der Waals surface area contributed by atoms with Gasteiger partial charge in [0.1, 0.15) is 5.56 Å². The van der Waals surface area contributed by atoms with Gasteiger partial charge in [-0.25, -0.2) is 0 Å². The van der Waals surface area contributed by atoms with Crippen LogP contribution in [0.25, 0.3) is 0 Å². The number of nitro benzene ring substituents is 1. The van der Waals surface area contributed by atoms with Crippen LogP contribution in [0.1, 0.15) is 22.8 Å². The standard InChI is InChI=1S/C12H15N3O4/c1-3-13-10(16)7-14-12(17)9-6-4-5-8(2)11(9)15(18)19/h4-6H,3,7H2,1-2H3,(H,13,16)(H,14,17). The summed E-state index contributed by atoms with van der Waals surface area (Å²) in [5.41, 5.74) is 0.112. The smallest absolute Gasteiger partial charge is 0.285 e. The van der Waals surface area contributed by atoms with Gasteiger partial charge in [0.15, 0.2) is 0 Å². The lowest BCUT2D eigenvalue weighted by Gasteiger charge is -2.07. The van der Waals surface area contributed by atoms with Gasteiger partial charge in [0.2, 0.25) is 5.91 Å². The second-order valence-electron chi connectivity index (χ2n) is 3.86. The molecular weight excluding hydrogens is 250 g/mol. The first-order chi connectivity index (χ1) is 8.97. The molecule has 7 nitrogen and oxygen atoms in total. The molecule has 0 radical (unpaired) electrons. The number of nitrogens with zero attached hydrogens (tertiary/aromatic N) is 1. The second-order valence-corrected chi connectivity index (χ2v) is 3.86. The number of carbonyl (C=O) groups excluding carboxylic acids is 2. The lowest BCUT2D eigenvalue weighted by atomic mass is 10.1. The van der Waals surface area contributed by atoms with Crippen molar-refractivity contribution in [1.29, 1.82) is 0 Å². The van der Waals surface area contributed by atoms with Crippen LogP contribution >= 0.6 is 0 Å². The molecule has 0 fully saturated rings. The Morgan fingerprint density at radius 3 is 2.58 bits per heavy atom. The summed E-state index contributed by atoms with van der Waals surface area (Å²) in [5.74, 6) is -0.979. The molecule has 0 aromatic heterocycles. The number of hydrogen-bond acceptors (Lipinski definition) is 4. The Labute approximate surface area is 110 Å². The number of likely N-dealkylation sites (N-methyl/N-ethyl adjacent to an activating group) is 1. The predicted octanol–water partition coefficient (Wildman–Crippen LogP) is 0.769. The van der Waals surface area contributed by atoms with Crippen LogP contribution in [0.2, 0.25) is 0 Å². The molecule has 7 heteroatoms. The fraction of sp³-hybridized carbons (Fsp3) is 0.333. The van der Waals surface area contributed by atoms with Gasteiger partial charge in [-0.05, 0) is 19.9 Å². The lowest BCUT2D eigenvalue weighted by Crippen LogP contribution is -2.37. The molecule has 0 spiro atoms. The van der Waals surface area contributed by atoms with Gasteiger partial charge in [0.05, 0.1) is 11.5 Å². The third kappa shape index (κ3) is 3.77. The zero-order valence-electron chi connectivity index (χ0n) is 10.7. The second kappa shape index (κ2) is 6.48. The molecule has 0 atom stereocenters. The van der Waals surface area contributed by atoms with Crippen molar-refractivity contribution >= 4 is 17.5 Å². The fourth-order valence-corrected chi connectivity index (χ4v) is 1.60. The number of nitrogens with one attached hydrogen (secondary N) is 2. The minimum absolute atomic E-state index is 0.0469. The molecule has 2 N–H and O–H groups in total.